The Morgan fingerprint density at radius 1 is 1.03 bits per heavy atom. The molecule has 0 aliphatic heterocycles. The van der Waals surface area contributed by atoms with Gasteiger partial charge in [0.2, 0.25) is 5.91 Å². The molecule has 2 rings (SSSR count). The molecular formula is C23H27Cl3N2O3. The van der Waals surface area contributed by atoms with Gasteiger partial charge in [-0.25, -0.2) is 0 Å². The minimum atomic E-state index is -0.660. The molecule has 168 valence electrons. The van der Waals surface area contributed by atoms with Crippen LogP contribution in [0.4, 0.5) is 0 Å². The Hall–Kier alpha value is -1.95. The molecule has 0 heterocycles. The highest BCUT2D eigenvalue weighted by Crippen LogP contribution is 2.24. The van der Waals surface area contributed by atoms with E-state index in [0.717, 1.165) is 0 Å². The molecular weight excluding hydrogens is 459 g/mol. The summed E-state index contributed by atoms with van der Waals surface area (Å²) in [6, 6.07) is 11.1. The summed E-state index contributed by atoms with van der Waals surface area (Å²) in [6.07, 6.45) is 0.446. The lowest BCUT2D eigenvalue weighted by Gasteiger charge is -2.31. The predicted molar refractivity (Wildman–Crippen MR) is 126 cm³/mol. The van der Waals surface area contributed by atoms with Crippen LogP contribution in [0.5, 0.6) is 5.75 Å². The molecule has 1 atom stereocenters. The van der Waals surface area contributed by atoms with Crippen LogP contribution in [0.15, 0.2) is 42.5 Å². The van der Waals surface area contributed by atoms with Crippen molar-refractivity contribution in [2.75, 3.05) is 13.2 Å². The van der Waals surface area contributed by atoms with Gasteiger partial charge in [-0.1, -0.05) is 61.6 Å². The quantitative estimate of drug-likeness (QED) is 0.476. The van der Waals surface area contributed by atoms with Crippen molar-refractivity contribution in [2.45, 2.75) is 39.8 Å². The predicted octanol–water partition coefficient (Wildman–Crippen LogP) is 5.61. The Labute approximate surface area is 198 Å². The number of nitrogens with one attached hydrogen (secondary N) is 1. The SMILES string of the molecule is CC[C@@H](C(=O)NCC(C)C)N(Cc1ccc(Cl)cc1Cl)C(=O)COc1ccc(Cl)cc1. The molecule has 0 bridgehead atoms. The highest BCUT2D eigenvalue weighted by atomic mass is 35.5. The van der Waals surface area contributed by atoms with E-state index < -0.39 is 6.04 Å². The Morgan fingerprint density at radius 2 is 1.68 bits per heavy atom. The lowest BCUT2D eigenvalue weighted by Crippen LogP contribution is -2.50. The van der Waals surface area contributed by atoms with E-state index >= 15 is 0 Å². The van der Waals surface area contributed by atoms with Gasteiger partial charge in [0.1, 0.15) is 11.8 Å². The molecule has 2 aromatic carbocycles. The number of ether oxygens (including phenoxy) is 1. The molecule has 0 spiro atoms. The molecule has 8 heteroatoms. The highest BCUT2D eigenvalue weighted by molar-refractivity contribution is 6.35. The zero-order chi connectivity index (χ0) is 23.0. The summed E-state index contributed by atoms with van der Waals surface area (Å²) in [5.74, 6) is 0.276. The summed E-state index contributed by atoms with van der Waals surface area (Å²) in [4.78, 5) is 27.5. The first-order valence-electron chi connectivity index (χ1n) is 10.1. The van der Waals surface area contributed by atoms with Gasteiger partial charge in [-0.15, -0.1) is 0 Å². The molecule has 0 unspecified atom stereocenters. The molecule has 31 heavy (non-hydrogen) atoms. The number of amides is 2. The third-order valence-corrected chi connectivity index (χ3v) is 5.44. The zero-order valence-electron chi connectivity index (χ0n) is 17.8. The van der Waals surface area contributed by atoms with Crippen LogP contribution in [-0.4, -0.2) is 35.9 Å². The first-order chi connectivity index (χ1) is 14.7. The Balaban J connectivity index is 2.22. The van der Waals surface area contributed by atoms with Crippen LogP contribution < -0.4 is 10.1 Å². The summed E-state index contributed by atoms with van der Waals surface area (Å²) in [5, 5.41) is 4.42. The van der Waals surface area contributed by atoms with Crippen LogP contribution in [0.3, 0.4) is 0 Å². The number of hydrogen-bond acceptors (Lipinski definition) is 3. The van der Waals surface area contributed by atoms with E-state index in [1.54, 1.807) is 42.5 Å². The first-order valence-corrected chi connectivity index (χ1v) is 11.2. The van der Waals surface area contributed by atoms with Crippen LogP contribution in [0.1, 0.15) is 32.8 Å². The highest BCUT2D eigenvalue weighted by Gasteiger charge is 2.29. The maximum atomic E-state index is 13.1. The Morgan fingerprint density at radius 3 is 2.26 bits per heavy atom. The van der Waals surface area contributed by atoms with E-state index in [1.165, 1.54) is 4.90 Å². The van der Waals surface area contributed by atoms with Gasteiger partial charge in [0.15, 0.2) is 6.61 Å². The van der Waals surface area contributed by atoms with Gasteiger partial charge < -0.3 is 15.0 Å². The van der Waals surface area contributed by atoms with Crippen molar-refractivity contribution in [3.05, 3.63) is 63.1 Å². The molecule has 0 aliphatic carbocycles. The number of benzene rings is 2. The summed E-state index contributed by atoms with van der Waals surface area (Å²) in [6.45, 7) is 6.35. The lowest BCUT2D eigenvalue weighted by molar-refractivity contribution is -0.143. The van der Waals surface area contributed by atoms with Crippen LogP contribution in [-0.2, 0) is 16.1 Å². The third-order valence-electron chi connectivity index (χ3n) is 4.60. The Kier molecular flexibility index (Phi) is 9.94. The van der Waals surface area contributed by atoms with Crippen LogP contribution in [0.2, 0.25) is 15.1 Å². The summed E-state index contributed by atoms with van der Waals surface area (Å²) < 4.78 is 5.63. The van der Waals surface area contributed by atoms with Crippen molar-refractivity contribution >= 4 is 46.6 Å². The minimum absolute atomic E-state index is 0.159. The van der Waals surface area contributed by atoms with Crippen molar-refractivity contribution in [3.63, 3.8) is 0 Å². The maximum Gasteiger partial charge on any atom is 0.261 e. The fourth-order valence-electron chi connectivity index (χ4n) is 2.93. The number of hydrogen-bond donors (Lipinski definition) is 1. The normalized spacial score (nSPS) is 11.8. The van der Waals surface area contributed by atoms with Crippen molar-refractivity contribution in [3.8, 4) is 5.75 Å². The second-order valence-corrected chi connectivity index (χ2v) is 8.84. The van der Waals surface area contributed by atoms with Gasteiger partial charge in [0.25, 0.3) is 5.91 Å². The average molecular weight is 486 g/mol. The first kappa shape index (κ1) is 25.3. The molecule has 1 N–H and O–H groups in total. The topological polar surface area (TPSA) is 58.6 Å². The van der Waals surface area contributed by atoms with Gasteiger partial charge in [-0.3, -0.25) is 9.59 Å². The second kappa shape index (κ2) is 12.2. The van der Waals surface area contributed by atoms with Crippen LogP contribution >= 0.6 is 34.8 Å². The second-order valence-electron chi connectivity index (χ2n) is 7.56. The van der Waals surface area contributed by atoms with Crippen LogP contribution in [0.25, 0.3) is 0 Å². The van der Waals surface area contributed by atoms with E-state index in [9.17, 15) is 9.59 Å². The van der Waals surface area contributed by atoms with Crippen LogP contribution in [0, 0.1) is 5.92 Å². The zero-order valence-corrected chi connectivity index (χ0v) is 20.1. The third kappa shape index (κ3) is 7.91. The van der Waals surface area contributed by atoms with Gasteiger partial charge in [0, 0.05) is 28.2 Å². The average Bonchev–Trinajstić information content (AvgIpc) is 2.73. The fraction of sp³-hybridized carbons (Fsp3) is 0.391. The van der Waals surface area contributed by atoms with E-state index in [2.05, 4.69) is 5.32 Å². The molecule has 2 aromatic rings. The minimum Gasteiger partial charge on any atom is -0.484 e. The fourth-order valence-corrected chi connectivity index (χ4v) is 3.53. The van der Waals surface area contributed by atoms with E-state index in [4.69, 9.17) is 39.5 Å². The van der Waals surface area contributed by atoms with Gasteiger partial charge >= 0.3 is 0 Å². The molecule has 2 amide bonds. The number of carbonyl (C=O) groups is 2. The van der Waals surface area contributed by atoms with Crippen molar-refractivity contribution < 1.29 is 14.3 Å². The molecule has 0 saturated heterocycles. The van der Waals surface area contributed by atoms with E-state index in [1.807, 2.05) is 20.8 Å². The number of rotatable bonds is 10. The van der Waals surface area contributed by atoms with Crippen molar-refractivity contribution in [2.24, 2.45) is 5.92 Å². The number of carbonyl (C=O) groups excluding carboxylic acids is 2. The number of nitrogens with zero attached hydrogens (tertiary/aromatic N) is 1. The smallest absolute Gasteiger partial charge is 0.261 e. The van der Waals surface area contributed by atoms with E-state index in [-0.39, 0.29) is 25.0 Å². The lowest BCUT2D eigenvalue weighted by atomic mass is 10.1. The summed E-state index contributed by atoms with van der Waals surface area (Å²) >= 11 is 18.2. The van der Waals surface area contributed by atoms with Gasteiger partial charge in [0.05, 0.1) is 0 Å². The molecule has 5 nitrogen and oxygen atoms in total. The summed E-state index contributed by atoms with van der Waals surface area (Å²) in [5.41, 5.74) is 0.695. The molecule has 0 aromatic heterocycles. The Bertz CT molecular complexity index is 888. The molecule has 0 saturated carbocycles. The van der Waals surface area contributed by atoms with Gasteiger partial charge in [-0.2, -0.15) is 0 Å². The standard InChI is InChI=1S/C23H27Cl3N2O3/c1-4-21(23(30)27-12-15(2)3)28(13-16-5-6-18(25)11-20(16)26)22(29)14-31-19-9-7-17(24)8-10-19/h5-11,15,21H,4,12-14H2,1-3H3,(H,27,30)/t21-/m0/s1. The monoisotopic (exact) mass is 484 g/mol. The molecule has 0 aliphatic rings. The number of halogens is 3. The van der Waals surface area contributed by atoms with Gasteiger partial charge in [-0.05, 0) is 54.3 Å². The molecule has 0 radical (unpaired) electrons. The maximum absolute atomic E-state index is 13.1. The van der Waals surface area contributed by atoms with Crippen molar-refractivity contribution in [1.29, 1.82) is 0 Å². The van der Waals surface area contributed by atoms with E-state index in [0.29, 0.717) is 45.3 Å². The summed E-state index contributed by atoms with van der Waals surface area (Å²) in [7, 11) is 0. The van der Waals surface area contributed by atoms with Crippen molar-refractivity contribution in [1.82, 2.24) is 10.2 Å². The molecule has 0 fully saturated rings. The largest absolute Gasteiger partial charge is 0.484 e.